The second kappa shape index (κ2) is 8.02. The molecule has 2 aromatic rings. The van der Waals surface area contributed by atoms with Crippen LogP contribution in [0.15, 0.2) is 51.8 Å². The normalized spacial score (nSPS) is 12.4. The lowest BCUT2D eigenvalue weighted by molar-refractivity contribution is 0.605. The molecule has 0 spiro atoms. The number of benzene rings is 2. The Balaban J connectivity index is 2.12. The molecular formula is C18H22BrNS. The Kier molecular flexibility index (Phi) is 6.34. The Morgan fingerprint density at radius 3 is 2.52 bits per heavy atom. The predicted octanol–water partition coefficient (Wildman–Crippen LogP) is 5.51. The van der Waals surface area contributed by atoms with Crippen LogP contribution in [0, 0.1) is 13.8 Å². The monoisotopic (exact) mass is 363 g/mol. The fourth-order valence-corrected chi connectivity index (χ4v) is 3.90. The van der Waals surface area contributed by atoms with Crippen molar-refractivity contribution >= 4 is 27.7 Å². The molecule has 3 heteroatoms. The van der Waals surface area contributed by atoms with Crippen LogP contribution in [0.4, 0.5) is 0 Å². The van der Waals surface area contributed by atoms with Crippen molar-refractivity contribution in [3.05, 3.63) is 63.6 Å². The molecule has 0 saturated heterocycles. The minimum absolute atomic E-state index is 0.381. The van der Waals surface area contributed by atoms with E-state index in [-0.39, 0.29) is 0 Å². The molecule has 0 heterocycles. The van der Waals surface area contributed by atoms with E-state index in [1.54, 1.807) is 0 Å². The van der Waals surface area contributed by atoms with Gasteiger partial charge in [0.15, 0.2) is 0 Å². The lowest BCUT2D eigenvalue weighted by Crippen LogP contribution is -2.23. The third kappa shape index (κ3) is 4.60. The minimum atomic E-state index is 0.381. The zero-order chi connectivity index (χ0) is 15.2. The highest BCUT2D eigenvalue weighted by molar-refractivity contribution is 9.10. The zero-order valence-corrected chi connectivity index (χ0v) is 15.2. The van der Waals surface area contributed by atoms with E-state index in [4.69, 9.17) is 0 Å². The standard InChI is InChI=1S/C18H22BrNS/c1-4-20-17(15-10-9-13(2)14(3)11-15)12-21-18-8-6-5-7-16(18)19/h5-11,17,20H,4,12H2,1-3H3. The molecule has 0 radical (unpaired) electrons. The molecule has 0 aliphatic rings. The van der Waals surface area contributed by atoms with Crippen LogP contribution in [-0.4, -0.2) is 12.3 Å². The molecule has 21 heavy (non-hydrogen) atoms. The van der Waals surface area contributed by atoms with Gasteiger partial charge in [0.25, 0.3) is 0 Å². The molecular weight excluding hydrogens is 342 g/mol. The van der Waals surface area contributed by atoms with Gasteiger partial charge in [-0.15, -0.1) is 11.8 Å². The molecule has 1 nitrogen and oxygen atoms in total. The van der Waals surface area contributed by atoms with Gasteiger partial charge in [-0.3, -0.25) is 0 Å². The average molecular weight is 364 g/mol. The smallest absolute Gasteiger partial charge is 0.0415 e. The molecule has 0 fully saturated rings. The molecule has 0 aliphatic carbocycles. The summed E-state index contributed by atoms with van der Waals surface area (Å²) in [7, 11) is 0. The quantitative estimate of drug-likeness (QED) is 0.679. The van der Waals surface area contributed by atoms with E-state index < -0.39 is 0 Å². The zero-order valence-electron chi connectivity index (χ0n) is 12.8. The lowest BCUT2D eigenvalue weighted by atomic mass is 10.0. The van der Waals surface area contributed by atoms with E-state index in [0.717, 1.165) is 12.3 Å². The van der Waals surface area contributed by atoms with Crippen molar-refractivity contribution < 1.29 is 0 Å². The van der Waals surface area contributed by atoms with Gasteiger partial charge in [-0.25, -0.2) is 0 Å². The van der Waals surface area contributed by atoms with Crippen molar-refractivity contribution in [1.82, 2.24) is 5.32 Å². The largest absolute Gasteiger partial charge is 0.309 e. The Hall–Kier alpha value is -0.770. The maximum atomic E-state index is 3.62. The molecule has 0 bridgehead atoms. The van der Waals surface area contributed by atoms with E-state index in [1.165, 1.54) is 26.1 Å². The summed E-state index contributed by atoms with van der Waals surface area (Å²) in [5.41, 5.74) is 4.09. The van der Waals surface area contributed by atoms with Gasteiger partial charge < -0.3 is 5.32 Å². The Bertz CT molecular complexity index is 598. The number of thioether (sulfide) groups is 1. The van der Waals surface area contributed by atoms with Crippen LogP contribution in [0.1, 0.15) is 29.7 Å². The summed E-state index contributed by atoms with van der Waals surface area (Å²) in [5.74, 6) is 1.03. The van der Waals surface area contributed by atoms with Crippen LogP contribution in [0.3, 0.4) is 0 Å². The highest BCUT2D eigenvalue weighted by atomic mass is 79.9. The van der Waals surface area contributed by atoms with Gasteiger partial charge in [-0.1, -0.05) is 37.3 Å². The van der Waals surface area contributed by atoms with Crippen molar-refractivity contribution in [2.45, 2.75) is 31.7 Å². The van der Waals surface area contributed by atoms with Crippen LogP contribution in [0.5, 0.6) is 0 Å². The minimum Gasteiger partial charge on any atom is -0.309 e. The first kappa shape index (κ1) is 16.6. The molecule has 0 aromatic heterocycles. The summed E-state index contributed by atoms with van der Waals surface area (Å²) in [6.45, 7) is 7.49. The van der Waals surface area contributed by atoms with Crippen molar-refractivity contribution in [2.75, 3.05) is 12.3 Å². The maximum absolute atomic E-state index is 3.62. The second-order valence-corrected chi connectivity index (χ2v) is 7.11. The molecule has 2 rings (SSSR count). The third-order valence-corrected chi connectivity index (χ3v) is 5.75. The van der Waals surface area contributed by atoms with Crippen LogP contribution in [0.2, 0.25) is 0 Å². The summed E-state index contributed by atoms with van der Waals surface area (Å²) in [6, 6.07) is 15.6. The van der Waals surface area contributed by atoms with Gasteiger partial charge in [-0.2, -0.15) is 0 Å². The summed E-state index contributed by atoms with van der Waals surface area (Å²) in [4.78, 5) is 1.30. The fourth-order valence-electron chi connectivity index (χ4n) is 2.24. The highest BCUT2D eigenvalue weighted by Gasteiger charge is 2.12. The first-order chi connectivity index (χ1) is 10.1. The van der Waals surface area contributed by atoms with Gasteiger partial charge in [0.2, 0.25) is 0 Å². The van der Waals surface area contributed by atoms with Gasteiger partial charge in [0, 0.05) is 21.2 Å². The molecule has 1 unspecified atom stereocenters. The Labute approximate surface area is 140 Å². The predicted molar refractivity (Wildman–Crippen MR) is 97.2 cm³/mol. The van der Waals surface area contributed by atoms with Gasteiger partial charge in [-0.05, 0) is 65.1 Å². The van der Waals surface area contributed by atoms with E-state index in [9.17, 15) is 0 Å². The van der Waals surface area contributed by atoms with E-state index >= 15 is 0 Å². The van der Waals surface area contributed by atoms with Crippen molar-refractivity contribution in [2.24, 2.45) is 0 Å². The molecule has 0 saturated carbocycles. The molecule has 1 atom stereocenters. The second-order valence-electron chi connectivity index (χ2n) is 5.20. The van der Waals surface area contributed by atoms with Crippen molar-refractivity contribution in [3.8, 4) is 0 Å². The SMILES string of the molecule is CCNC(CSc1ccccc1Br)c1ccc(C)c(C)c1. The molecule has 112 valence electrons. The number of rotatable bonds is 6. The number of halogens is 1. The lowest BCUT2D eigenvalue weighted by Gasteiger charge is -2.19. The molecule has 0 amide bonds. The van der Waals surface area contributed by atoms with E-state index in [0.29, 0.717) is 6.04 Å². The number of nitrogens with one attached hydrogen (secondary N) is 1. The van der Waals surface area contributed by atoms with Crippen LogP contribution in [-0.2, 0) is 0 Å². The topological polar surface area (TPSA) is 12.0 Å². The summed E-state index contributed by atoms with van der Waals surface area (Å²) in [5, 5.41) is 3.60. The Morgan fingerprint density at radius 2 is 1.86 bits per heavy atom. The van der Waals surface area contributed by atoms with E-state index in [1.807, 2.05) is 11.8 Å². The van der Waals surface area contributed by atoms with Crippen molar-refractivity contribution in [1.29, 1.82) is 0 Å². The van der Waals surface area contributed by atoms with Crippen LogP contribution in [0.25, 0.3) is 0 Å². The summed E-state index contributed by atoms with van der Waals surface area (Å²) >= 11 is 5.51. The highest BCUT2D eigenvalue weighted by Crippen LogP contribution is 2.30. The van der Waals surface area contributed by atoms with E-state index in [2.05, 4.69) is 84.5 Å². The van der Waals surface area contributed by atoms with Crippen LogP contribution >= 0.6 is 27.7 Å². The third-order valence-electron chi connectivity index (χ3n) is 3.63. The maximum Gasteiger partial charge on any atom is 0.0415 e. The van der Waals surface area contributed by atoms with Gasteiger partial charge in [0.05, 0.1) is 0 Å². The van der Waals surface area contributed by atoms with Crippen molar-refractivity contribution in [3.63, 3.8) is 0 Å². The van der Waals surface area contributed by atoms with Gasteiger partial charge >= 0.3 is 0 Å². The summed E-state index contributed by atoms with van der Waals surface area (Å²) in [6.07, 6.45) is 0. The molecule has 2 aromatic carbocycles. The number of hydrogen-bond donors (Lipinski definition) is 1. The number of aryl methyl sites for hydroxylation is 2. The Morgan fingerprint density at radius 1 is 1.10 bits per heavy atom. The summed E-state index contributed by atoms with van der Waals surface area (Å²) < 4.78 is 1.17. The fraction of sp³-hybridized carbons (Fsp3) is 0.333. The average Bonchev–Trinajstić information content (AvgIpc) is 2.48. The first-order valence-electron chi connectivity index (χ1n) is 7.29. The first-order valence-corrected chi connectivity index (χ1v) is 9.07. The molecule has 1 N–H and O–H groups in total. The van der Waals surface area contributed by atoms with Gasteiger partial charge in [0.1, 0.15) is 0 Å². The molecule has 0 aliphatic heterocycles. The number of hydrogen-bond acceptors (Lipinski definition) is 2. The van der Waals surface area contributed by atoms with Crippen LogP contribution < -0.4 is 5.32 Å².